The average molecular weight is 532 g/mol. The fraction of sp³-hybridized carbons (Fsp3) is 0.261. The van der Waals surface area contributed by atoms with Gasteiger partial charge in [0.1, 0.15) is 10.3 Å². The highest BCUT2D eigenvalue weighted by atomic mass is 79.9. The third-order valence-corrected chi connectivity index (χ3v) is 7.75. The first-order valence-corrected chi connectivity index (χ1v) is 12.8. The molecule has 0 radical (unpaired) electrons. The Hall–Kier alpha value is -2.82. The number of aromatic nitrogens is 3. The number of nitrogen functional groups attached to an aromatic ring is 1. The normalized spacial score (nSPS) is 12.0. The van der Waals surface area contributed by atoms with Crippen molar-refractivity contribution in [3.05, 3.63) is 69.1 Å². The summed E-state index contributed by atoms with van der Waals surface area (Å²) in [4.78, 5) is 18.1. The molecule has 0 fully saturated rings. The first-order chi connectivity index (χ1) is 15.8. The van der Waals surface area contributed by atoms with Crippen LogP contribution >= 0.6 is 15.9 Å². The number of benzene rings is 1. The number of halogens is 1. The molecule has 33 heavy (non-hydrogen) atoms. The van der Waals surface area contributed by atoms with Gasteiger partial charge < -0.3 is 10.5 Å². The lowest BCUT2D eigenvalue weighted by Crippen LogP contribution is -2.42. The minimum absolute atomic E-state index is 0.0340. The number of fused-ring (bicyclic) bond motifs is 2. The maximum atomic E-state index is 13.5. The SMILES string of the molecule is CCOCCC[n+]1c(N)c(S(=O)(=O)c2ccc(Br)cc2)cc2c(=O)n3cccc(C)c3nc21. The Morgan fingerprint density at radius 3 is 2.64 bits per heavy atom. The monoisotopic (exact) mass is 531 g/mol. The smallest absolute Gasteiger partial charge is 0.278 e. The third kappa shape index (κ3) is 4.25. The minimum Gasteiger partial charge on any atom is -0.382 e. The summed E-state index contributed by atoms with van der Waals surface area (Å²) in [5.74, 6) is 0.0340. The van der Waals surface area contributed by atoms with Crippen LogP contribution in [0.2, 0.25) is 0 Å². The number of pyridine rings is 2. The molecule has 0 atom stereocenters. The molecule has 8 nitrogen and oxygen atoms in total. The van der Waals surface area contributed by atoms with Crippen molar-refractivity contribution < 1.29 is 17.7 Å². The Bertz CT molecular complexity index is 1520. The molecule has 10 heteroatoms. The Labute approximate surface area is 199 Å². The van der Waals surface area contributed by atoms with Gasteiger partial charge in [-0.25, -0.2) is 13.0 Å². The van der Waals surface area contributed by atoms with E-state index in [1.807, 2.05) is 19.9 Å². The van der Waals surface area contributed by atoms with E-state index in [4.69, 9.17) is 15.5 Å². The molecule has 0 saturated heterocycles. The van der Waals surface area contributed by atoms with Gasteiger partial charge >= 0.3 is 0 Å². The van der Waals surface area contributed by atoms with E-state index in [1.165, 1.54) is 22.6 Å². The molecule has 0 amide bonds. The predicted molar refractivity (Wildman–Crippen MR) is 129 cm³/mol. The van der Waals surface area contributed by atoms with Gasteiger partial charge in [0.05, 0.1) is 11.4 Å². The first kappa shape index (κ1) is 23.3. The Morgan fingerprint density at radius 2 is 1.94 bits per heavy atom. The first-order valence-electron chi connectivity index (χ1n) is 10.5. The third-order valence-electron chi connectivity index (χ3n) is 5.43. The second-order valence-corrected chi connectivity index (χ2v) is 10.4. The number of rotatable bonds is 7. The van der Waals surface area contributed by atoms with Gasteiger partial charge in [0.25, 0.3) is 11.2 Å². The standard InChI is InChI=1S/C23H23BrN4O4S/c1-3-32-13-5-12-27-20(25)19(33(30,31)17-9-7-16(24)8-10-17)14-18-22(27)26-21-15(2)6-4-11-28(21)23(18)29/h4,6-11,14,25H,3,5,12-13H2,1-2H3/p+1. The molecule has 0 bridgehead atoms. The minimum atomic E-state index is -3.99. The summed E-state index contributed by atoms with van der Waals surface area (Å²) in [7, 11) is -3.99. The van der Waals surface area contributed by atoms with Gasteiger partial charge in [-0.1, -0.05) is 27.0 Å². The van der Waals surface area contributed by atoms with Gasteiger partial charge in [-0.05, 0) is 50.2 Å². The molecule has 1 aromatic carbocycles. The van der Waals surface area contributed by atoms with Crippen LogP contribution in [-0.2, 0) is 21.1 Å². The molecular weight excluding hydrogens is 508 g/mol. The quantitative estimate of drug-likeness (QED) is 0.223. The molecule has 0 unspecified atom stereocenters. The van der Waals surface area contributed by atoms with Gasteiger partial charge in [-0.2, -0.15) is 0 Å². The van der Waals surface area contributed by atoms with Crippen molar-refractivity contribution in [2.24, 2.45) is 0 Å². The van der Waals surface area contributed by atoms with Crippen LogP contribution in [0.15, 0.2) is 67.7 Å². The highest BCUT2D eigenvalue weighted by Gasteiger charge is 2.29. The molecule has 0 aliphatic heterocycles. The van der Waals surface area contributed by atoms with Crippen LogP contribution in [0.3, 0.4) is 0 Å². The average Bonchev–Trinajstić information content (AvgIpc) is 2.79. The summed E-state index contributed by atoms with van der Waals surface area (Å²) < 4.78 is 36.2. The van der Waals surface area contributed by atoms with Crippen LogP contribution in [-0.4, -0.2) is 31.0 Å². The van der Waals surface area contributed by atoms with E-state index in [0.29, 0.717) is 37.5 Å². The van der Waals surface area contributed by atoms with E-state index in [0.717, 1.165) is 10.0 Å². The summed E-state index contributed by atoms with van der Waals surface area (Å²) in [6, 6.07) is 11.2. The van der Waals surface area contributed by atoms with Crippen molar-refractivity contribution in [3.8, 4) is 0 Å². The lowest BCUT2D eigenvalue weighted by Gasteiger charge is -2.13. The summed E-state index contributed by atoms with van der Waals surface area (Å²) in [5.41, 5.74) is 7.74. The van der Waals surface area contributed by atoms with E-state index >= 15 is 0 Å². The number of sulfone groups is 1. The molecule has 0 spiro atoms. The molecule has 3 heterocycles. The molecule has 0 aliphatic rings. The van der Waals surface area contributed by atoms with E-state index in [1.54, 1.807) is 29.0 Å². The molecular formula is C23H24BrN4O4S+. The van der Waals surface area contributed by atoms with Gasteiger partial charge in [0.15, 0.2) is 0 Å². The topological polar surface area (TPSA) is 108 Å². The number of hydrogen-bond acceptors (Lipinski definition) is 6. The highest BCUT2D eigenvalue weighted by Crippen LogP contribution is 2.27. The molecule has 4 aromatic rings. The van der Waals surface area contributed by atoms with Crippen LogP contribution in [0.1, 0.15) is 18.9 Å². The van der Waals surface area contributed by atoms with Gasteiger partial charge in [-0.3, -0.25) is 9.20 Å². The van der Waals surface area contributed by atoms with Crippen LogP contribution < -0.4 is 15.9 Å². The number of nitrogens with two attached hydrogens (primary N) is 1. The molecule has 4 rings (SSSR count). The molecule has 3 aromatic heterocycles. The van der Waals surface area contributed by atoms with Crippen molar-refractivity contribution in [3.63, 3.8) is 0 Å². The van der Waals surface area contributed by atoms with E-state index < -0.39 is 9.84 Å². The maximum absolute atomic E-state index is 13.5. The Kier molecular flexibility index (Phi) is 6.51. The van der Waals surface area contributed by atoms with Crippen molar-refractivity contribution in [1.29, 1.82) is 0 Å². The highest BCUT2D eigenvalue weighted by molar-refractivity contribution is 9.10. The zero-order chi connectivity index (χ0) is 23.8. The lowest BCUT2D eigenvalue weighted by atomic mass is 10.2. The fourth-order valence-electron chi connectivity index (χ4n) is 3.74. The second kappa shape index (κ2) is 9.20. The van der Waals surface area contributed by atoms with E-state index in [2.05, 4.69) is 15.9 Å². The second-order valence-electron chi connectivity index (χ2n) is 7.59. The maximum Gasteiger partial charge on any atom is 0.278 e. The van der Waals surface area contributed by atoms with Crippen LogP contribution in [0.25, 0.3) is 16.7 Å². The molecule has 2 N–H and O–H groups in total. The van der Waals surface area contributed by atoms with Crippen molar-refractivity contribution in [2.75, 3.05) is 18.9 Å². The summed E-state index contributed by atoms with van der Waals surface area (Å²) in [6.07, 6.45) is 2.20. The molecule has 0 saturated carbocycles. The zero-order valence-electron chi connectivity index (χ0n) is 18.3. The van der Waals surface area contributed by atoms with Crippen molar-refractivity contribution in [1.82, 2.24) is 9.38 Å². The van der Waals surface area contributed by atoms with Gasteiger partial charge in [0, 0.05) is 35.9 Å². The fourth-order valence-corrected chi connectivity index (χ4v) is 5.41. The summed E-state index contributed by atoms with van der Waals surface area (Å²) in [6.45, 7) is 5.16. The largest absolute Gasteiger partial charge is 0.382 e. The van der Waals surface area contributed by atoms with E-state index in [-0.39, 0.29) is 26.6 Å². The number of anilines is 1. The Balaban J connectivity index is 2.03. The summed E-state index contributed by atoms with van der Waals surface area (Å²) in [5, 5.41) is 0.180. The molecule has 172 valence electrons. The summed E-state index contributed by atoms with van der Waals surface area (Å²) >= 11 is 3.32. The lowest BCUT2D eigenvalue weighted by molar-refractivity contribution is -0.661. The number of hydrogen-bond donors (Lipinski definition) is 1. The number of nitrogens with zero attached hydrogens (tertiary/aromatic N) is 3. The van der Waals surface area contributed by atoms with Gasteiger partial charge in [-0.15, -0.1) is 0 Å². The van der Waals surface area contributed by atoms with Crippen molar-refractivity contribution in [2.45, 2.75) is 36.6 Å². The van der Waals surface area contributed by atoms with Crippen LogP contribution in [0, 0.1) is 6.92 Å². The Morgan fingerprint density at radius 1 is 1.21 bits per heavy atom. The predicted octanol–water partition coefficient (Wildman–Crippen LogP) is 3.05. The zero-order valence-corrected chi connectivity index (χ0v) is 20.7. The van der Waals surface area contributed by atoms with Gasteiger partial charge in [0.2, 0.25) is 21.3 Å². The molecule has 0 aliphatic carbocycles. The van der Waals surface area contributed by atoms with E-state index in [9.17, 15) is 13.2 Å². The number of ether oxygens (including phenoxy) is 1. The van der Waals surface area contributed by atoms with Crippen LogP contribution in [0.4, 0.5) is 5.82 Å². The van der Waals surface area contributed by atoms with Crippen LogP contribution in [0.5, 0.6) is 0 Å². The number of aryl methyl sites for hydroxylation is 2. The van der Waals surface area contributed by atoms with Crippen molar-refractivity contribution >= 4 is 48.3 Å².